The molecule has 5 atom stereocenters. The Morgan fingerprint density at radius 1 is 1.36 bits per heavy atom. The Labute approximate surface area is 79.3 Å². The lowest BCUT2D eigenvalue weighted by Gasteiger charge is -2.22. The van der Waals surface area contributed by atoms with Crippen LogP contribution in [0, 0.1) is 17.8 Å². The molecule has 2 rings (SSSR count). The molecule has 0 saturated heterocycles. The van der Waals surface area contributed by atoms with Crippen molar-refractivity contribution < 1.29 is 24.9 Å². The molecule has 0 radical (unpaired) electrons. The Morgan fingerprint density at radius 2 is 1.93 bits per heavy atom. The standard InChI is InChI=1S/C8H11NO5/c9-8(7(13)14)1-2(10)3-4(5(3)8)6(11)12/h2-5,10H,1,9H2,(H,11,12)(H,13,14)/t2?,3?,4-,5?,8?/m0/s1. The maximum atomic E-state index is 10.8. The lowest BCUT2D eigenvalue weighted by Crippen LogP contribution is -2.50. The number of hydrogen-bond donors (Lipinski definition) is 4. The Balaban J connectivity index is 2.26. The average Bonchev–Trinajstić information content (AvgIpc) is 2.72. The second-order valence-electron chi connectivity index (χ2n) is 4.08. The van der Waals surface area contributed by atoms with Crippen molar-refractivity contribution in [3.63, 3.8) is 0 Å². The zero-order valence-electron chi connectivity index (χ0n) is 7.25. The molecule has 0 aromatic carbocycles. The molecule has 2 fully saturated rings. The smallest absolute Gasteiger partial charge is 0.324 e. The molecule has 0 spiro atoms. The molecular formula is C8H11NO5. The van der Waals surface area contributed by atoms with Crippen molar-refractivity contribution in [3.05, 3.63) is 0 Å². The van der Waals surface area contributed by atoms with Gasteiger partial charge < -0.3 is 21.1 Å². The number of aliphatic hydroxyl groups is 1. The lowest BCUT2D eigenvalue weighted by atomic mass is 9.91. The molecule has 5 N–H and O–H groups in total. The van der Waals surface area contributed by atoms with E-state index in [0.717, 1.165) is 0 Å². The van der Waals surface area contributed by atoms with E-state index < -0.39 is 41.3 Å². The largest absolute Gasteiger partial charge is 0.481 e. The van der Waals surface area contributed by atoms with Crippen LogP contribution < -0.4 is 5.73 Å². The van der Waals surface area contributed by atoms with Gasteiger partial charge in [0.2, 0.25) is 0 Å². The van der Waals surface area contributed by atoms with Crippen molar-refractivity contribution in [2.24, 2.45) is 23.5 Å². The van der Waals surface area contributed by atoms with Gasteiger partial charge in [0.1, 0.15) is 5.54 Å². The molecule has 0 bridgehead atoms. The van der Waals surface area contributed by atoms with Crippen LogP contribution in [0.15, 0.2) is 0 Å². The van der Waals surface area contributed by atoms with Crippen LogP contribution in [0.1, 0.15) is 6.42 Å². The highest BCUT2D eigenvalue weighted by Gasteiger charge is 2.73. The minimum Gasteiger partial charge on any atom is -0.481 e. The normalized spacial score (nSPS) is 49.9. The van der Waals surface area contributed by atoms with E-state index in [0.29, 0.717) is 0 Å². The van der Waals surface area contributed by atoms with Crippen molar-refractivity contribution in [1.82, 2.24) is 0 Å². The summed E-state index contributed by atoms with van der Waals surface area (Å²) >= 11 is 0. The minimum atomic E-state index is -1.56. The number of rotatable bonds is 2. The molecule has 0 aliphatic heterocycles. The number of aliphatic carboxylic acids is 2. The predicted octanol–water partition coefficient (Wildman–Crippen LogP) is -1.52. The molecule has 2 aliphatic rings. The fraction of sp³-hybridized carbons (Fsp3) is 0.750. The van der Waals surface area contributed by atoms with Gasteiger partial charge in [0.25, 0.3) is 0 Å². The fourth-order valence-corrected chi connectivity index (χ4v) is 2.64. The zero-order chi connectivity index (χ0) is 10.7. The molecule has 0 aromatic heterocycles. The van der Waals surface area contributed by atoms with Crippen LogP contribution in [0.25, 0.3) is 0 Å². The number of fused-ring (bicyclic) bond motifs is 1. The van der Waals surface area contributed by atoms with Crippen molar-refractivity contribution in [2.45, 2.75) is 18.1 Å². The highest BCUT2D eigenvalue weighted by atomic mass is 16.4. The number of carbonyl (C=O) groups is 2. The van der Waals surface area contributed by atoms with E-state index in [1.54, 1.807) is 0 Å². The summed E-state index contributed by atoms with van der Waals surface area (Å²) in [5.74, 6) is -4.19. The first-order chi connectivity index (χ1) is 6.39. The molecule has 0 aromatic rings. The van der Waals surface area contributed by atoms with E-state index in [9.17, 15) is 14.7 Å². The zero-order valence-corrected chi connectivity index (χ0v) is 7.25. The van der Waals surface area contributed by atoms with E-state index in [1.807, 2.05) is 0 Å². The summed E-state index contributed by atoms with van der Waals surface area (Å²) in [6.07, 6.45) is -0.955. The summed E-state index contributed by atoms with van der Waals surface area (Å²) in [7, 11) is 0. The van der Waals surface area contributed by atoms with Crippen molar-refractivity contribution in [2.75, 3.05) is 0 Å². The first-order valence-electron chi connectivity index (χ1n) is 4.32. The molecular weight excluding hydrogens is 190 g/mol. The third kappa shape index (κ3) is 0.921. The fourth-order valence-electron chi connectivity index (χ4n) is 2.64. The number of nitrogens with two attached hydrogens (primary N) is 1. The molecule has 6 nitrogen and oxygen atoms in total. The maximum absolute atomic E-state index is 10.8. The summed E-state index contributed by atoms with van der Waals surface area (Å²) in [6.45, 7) is 0. The van der Waals surface area contributed by atoms with Crippen LogP contribution in [-0.4, -0.2) is 38.9 Å². The highest BCUT2D eigenvalue weighted by molar-refractivity contribution is 5.85. The monoisotopic (exact) mass is 201 g/mol. The van der Waals surface area contributed by atoms with Crippen LogP contribution in [0.2, 0.25) is 0 Å². The van der Waals surface area contributed by atoms with Crippen LogP contribution in [0.4, 0.5) is 0 Å². The van der Waals surface area contributed by atoms with E-state index in [2.05, 4.69) is 0 Å². The summed E-state index contributed by atoms with van der Waals surface area (Å²) in [4.78, 5) is 21.5. The van der Waals surface area contributed by atoms with Crippen LogP contribution in [0.5, 0.6) is 0 Å². The van der Waals surface area contributed by atoms with Crippen molar-refractivity contribution in [1.29, 1.82) is 0 Å². The molecule has 0 amide bonds. The van der Waals surface area contributed by atoms with Gasteiger partial charge in [-0.25, -0.2) is 0 Å². The van der Waals surface area contributed by atoms with E-state index in [1.165, 1.54) is 0 Å². The van der Waals surface area contributed by atoms with Gasteiger partial charge in [0, 0.05) is 18.3 Å². The molecule has 0 heterocycles. The van der Waals surface area contributed by atoms with E-state index in [-0.39, 0.29) is 6.42 Å². The molecule has 4 unspecified atom stereocenters. The average molecular weight is 201 g/mol. The Morgan fingerprint density at radius 3 is 2.29 bits per heavy atom. The second-order valence-corrected chi connectivity index (χ2v) is 4.08. The summed E-state index contributed by atoms with van der Waals surface area (Å²) < 4.78 is 0. The molecule has 6 heteroatoms. The molecule has 14 heavy (non-hydrogen) atoms. The minimum absolute atomic E-state index is 0.0541. The Bertz CT molecular complexity index is 317. The first-order valence-corrected chi connectivity index (χ1v) is 4.32. The second kappa shape index (κ2) is 2.46. The quantitative estimate of drug-likeness (QED) is 0.430. The van der Waals surface area contributed by atoms with Gasteiger partial charge in [-0.2, -0.15) is 0 Å². The summed E-state index contributed by atoms with van der Waals surface area (Å²) in [5.41, 5.74) is 4.02. The number of carboxylic acids is 2. The number of hydrogen-bond acceptors (Lipinski definition) is 4. The summed E-state index contributed by atoms with van der Waals surface area (Å²) in [6, 6.07) is 0. The predicted molar refractivity (Wildman–Crippen MR) is 43.3 cm³/mol. The third-order valence-electron chi connectivity index (χ3n) is 3.34. The van der Waals surface area contributed by atoms with Gasteiger partial charge in [0.05, 0.1) is 12.0 Å². The Kier molecular flexibility index (Phi) is 1.65. The SMILES string of the molecule is NC1(C(=O)O)CC(O)C2C1[C@H]2C(=O)O. The lowest BCUT2D eigenvalue weighted by molar-refractivity contribution is -0.146. The summed E-state index contributed by atoms with van der Waals surface area (Å²) in [5, 5.41) is 27.0. The van der Waals surface area contributed by atoms with Crippen LogP contribution in [-0.2, 0) is 9.59 Å². The molecule has 2 aliphatic carbocycles. The van der Waals surface area contributed by atoms with Gasteiger partial charge in [-0.1, -0.05) is 0 Å². The third-order valence-corrected chi connectivity index (χ3v) is 3.34. The van der Waals surface area contributed by atoms with E-state index >= 15 is 0 Å². The van der Waals surface area contributed by atoms with Gasteiger partial charge in [-0.3, -0.25) is 9.59 Å². The topological polar surface area (TPSA) is 121 Å². The van der Waals surface area contributed by atoms with Crippen LogP contribution >= 0.6 is 0 Å². The van der Waals surface area contributed by atoms with Crippen molar-refractivity contribution >= 4 is 11.9 Å². The van der Waals surface area contributed by atoms with Crippen LogP contribution in [0.3, 0.4) is 0 Å². The van der Waals surface area contributed by atoms with Gasteiger partial charge in [-0.05, 0) is 0 Å². The maximum Gasteiger partial charge on any atom is 0.324 e. The first kappa shape index (κ1) is 9.42. The van der Waals surface area contributed by atoms with Gasteiger partial charge >= 0.3 is 11.9 Å². The van der Waals surface area contributed by atoms with Gasteiger partial charge in [-0.15, -0.1) is 0 Å². The number of aliphatic hydroxyl groups excluding tert-OH is 1. The van der Waals surface area contributed by atoms with E-state index in [4.69, 9.17) is 15.9 Å². The van der Waals surface area contributed by atoms with Crippen molar-refractivity contribution in [3.8, 4) is 0 Å². The molecule has 2 saturated carbocycles. The van der Waals surface area contributed by atoms with Gasteiger partial charge in [0.15, 0.2) is 0 Å². The molecule has 78 valence electrons. The Hall–Kier alpha value is -1.14. The number of carboxylic acid groups (broad SMARTS) is 2. The highest BCUT2D eigenvalue weighted by Crippen LogP contribution is 2.61.